The topological polar surface area (TPSA) is 53.6 Å². The largest absolute Gasteiger partial charge is 0.316 e. The molecule has 1 fully saturated rings. The first-order valence-electron chi connectivity index (χ1n) is 7.03. The van der Waals surface area contributed by atoms with E-state index in [4.69, 9.17) is 5.26 Å². The molecule has 2 aromatic rings. The van der Waals surface area contributed by atoms with Crippen LogP contribution in [0.25, 0.3) is 5.69 Å². The summed E-state index contributed by atoms with van der Waals surface area (Å²) in [5, 5.41) is 12.5. The molecule has 1 aliphatic heterocycles. The van der Waals surface area contributed by atoms with Crippen LogP contribution in [-0.2, 0) is 0 Å². The zero-order valence-corrected chi connectivity index (χ0v) is 11.6. The van der Waals surface area contributed by atoms with Crippen LogP contribution in [0.2, 0.25) is 0 Å². The highest BCUT2D eigenvalue weighted by Crippen LogP contribution is 2.26. The number of nitrogens with zero attached hydrogens (tertiary/aromatic N) is 3. The molecule has 1 aromatic heterocycles. The molecule has 0 spiro atoms. The summed E-state index contributed by atoms with van der Waals surface area (Å²) >= 11 is 0. The van der Waals surface area contributed by atoms with E-state index >= 15 is 0 Å². The second-order valence-electron chi connectivity index (χ2n) is 5.34. The van der Waals surface area contributed by atoms with Crippen LogP contribution in [0.1, 0.15) is 35.6 Å². The Morgan fingerprint density at radius 2 is 2.35 bits per heavy atom. The van der Waals surface area contributed by atoms with Crippen molar-refractivity contribution in [1.29, 1.82) is 5.26 Å². The maximum absolute atomic E-state index is 9.08. The molecule has 1 aromatic carbocycles. The summed E-state index contributed by atoms with van der Waals surface area (Å²) in [6.07, 6.45) is 6.20. The van der Waals surface area contributed by atoms with E-state index in [9.17, 15) is 0 Å². The predicted octanol–water partition coefficient (Wildman–Crippen LogP) is 2.52. The quantitative estimate of drug-likeness (QED) is 0.908. The fourth-order valence-corrected chi connectivity index (χ4v) is 2.85. The molecular formula is C16H18N4. The van der Waals surface area contributed by atoms with Gasteiger partial charge in [-0.1, -0.05) is 6.07 Å². The lowest BCUT2D eigenvalue weighted by atomic mass is 9.96. The van der Waals surface area contributed by atoms with Gasteiger partial charge in [-0.3, -0.25) is 0 Å². The van der Waals surface area contributed by atoms with Gasteiger partial charge in [-0.15, -0.1) is 0 Å². The normalized spacial score (nSPS) is 18.7. The third-order valence-corrected chi connectivity index (χ3v) is 3.98. The minimum atomic E-state index is 0.497. The van der Waals surface area contributed by atoms with Gasteiger partial charge in [0.1, 0.15) is 0 Å². The summed E-state index contributed by atoms with van der Waals surface area (Å²) in [5.41, 5.74) is 4.14. The Bertz CT molecular complexity index is 645. The number of aryl methyl sites for hydroxylation is 1. The maximum atomic E-state index is 9.08. The third-order valence-electron chi connectivity index (χ3n) is 3.98. The Morgan fingerprint density at radius 1 is 1.45 bits per heavy atom. The summed E-state index contributed by atoms with van der Waals surface area (Å²) in [5.74, 6) is 0.497. The number of imidazole rings is 1. The van der Waals surface area contributed by atoms with Crippen molar-refractivity contribution in [3.05, 3.63) is 47.5 Å². The van der Waals surface area contributed by atoms with Crippen molar-refractivity contribution >= 4 is 0 Å². The molecule has 0 saturated carbocycles. The van der Waals surface area contributed by atoms with E-state index < -0.39 is 0 Å². The molecule has 102 valence electrons. The number of piperidine rings is 1. The van der Waals surface area contributed by atoms with E-state index in [2.05, 4.69) is 27.9 Å². The predicted molar refractivity (Wildman–Crippen MR) is 77.9 cm³/mol. The fourth-order valence-electron chi connectivity index (χ4n) is 2.85. The molecule has 1 N–H and O–H groups in total. The number of benzene rings is 1. The highest BCUT2D eigenvalue weighted by molar-refractivity contribution is 5.48. The van der Waals surface area contributed by atoms with E-state index in [0.29, 0.717) is 11.5 Å². The molecule has 2 heterocycles. The molecule has 4 nitrogen and oxygen atoms in total. The first kappa shape index (κ1) is 12.9. The van der Waals surface area contributed by atoms with Crippen LogP contribution >= 0.6 is 0 Å². The number of aromatic nitrogens is 2. The van der Waals surface area contributed by atoms with Gasteiger partial charge >= 0.3 is 0 Å². The molecule has 0 bridgehead atoms. The molecule has 0 aliphatic carbocycles. The average Bonchev–Trinajstić information content (AvgIpc) is 2.98. The molecule has 20 heavy (non-hydrogen) atoms. The zero-order valence-electron chi connectivity index (χ0n) is 11.6. The lowest BCUT2D eigenvalue weighted by Crippen LogP contribution is -2.29. The summed E-state index contributed by atoms with van der Waals surface area (Å²) in [6, 6.07) is 8.01. The van der Waals surface area contributed by atoms with Crippen molar-refractivity contribution < 1.29 is 0 Å². The molecule has 1 unspecified atom stereocenters. The third kappa shape index (κ3) is 2.33. The van der Waals surface area contributed by atoms with Crippen molar-refractivity contribution in [1.82, 2.24) is 14.9 Å². The minimum absolute atomic E-state index is 0.497. The van der Waals surface area contributed by atoms with Gasteiger partial charge in [0.2, 0.25) is 0 Å². The molecular weight excluding hydrogens is 248 g/mol. The highest BCUT2D eigenvalue weighted by Gasteiger charge is 2.20. The smallest absolute Gasteiger partial charge is 0.0994 e. The standard InChI is InChI=1S/C16H18N4/c1-12-4-5-13(8-17)7-15(12)20-11-19-10-16(20)14-3-2-6-18-9-14/h4-5,7,10-11,14,18H,2-3,6,9H2,1H3. The number of hydrogen-bond donors (Lipinski definition) is 1. The highest BCUT2D eigenvalue weighted by atomic mass is 15.1. The Hall–Kier alpha value is -2.12. The van der Waals surface area contributed by atoms with Crippen LogP contribution in [0.15, 0.2) is 30.7 Å². The van der Waals surface area contributed by atoms with Crippen molar-refractivity contribution in [2.45, 2.75) is 25.7 Å². The van der Waals surface area contributed by atoms with E-state index in [1.807, 2.05) is 30.7 Å². The van der Waals surface area contributed by atoms with Gasteiger partial charge in [0, 0.05) is 24.4 Å². The van der Waals surface area contributed by atoms with E-state index in [-0.39, 0.29) is 0 Å². The Kier molecular flexibility index (Phi) is 3.53. The molecule has 1 atom stereocenters. The number of nitriles is 1. The fraction of sp³-hybridized carbons (Fsp3) is 0.375. The summed E-state index contributed by atoms with van der Waals surface area (Å²) in [4.78, 5) is 4.32. The van der Waals surface area contributed by atoms with Crippen LogP contribution in [0.5, 0.6) is 0 Å². The molecule has 1 aliphatic rings. The Morgan fingerprint density at radius 3 is 3.10 bits per heavy atom. The summed E-state index contributed by atoms with van der Waals surface area (Å²) in [7, 11) is 0. The monoisotopic (exact) mass is 266 g/mol. The number of hydrogen-bond acceptors (Lipinski definition) is 3. The van der Waals surface area contributed by atoms with Crippen molar-refractivity contribution in [2.75, 3.05) is 13.1 Å². The Balaban J connectivity index is 2.03. The molecule has 3 rings (SSSR count). The average molecular weight is 266 g/mol. The molecule has 0 radical (unpaired) electrons. The second kappa shape index (κ2) is 5.48. The van der Waals surface area contributed by atoms with Crippen LogP contribution in [0, 0.1) is 18.3 Å². The Labute approximate surface area is 119 Å². The van der Waals surface area contributed by atoms with Crippen molar-refractivity contribution in [2.24, 2.45) is 0 Å². The van der Waals surface area contributed by atoms with Gasteiger partial charge in [0.15, 0.2) is 0 Å². The first-order valence-corrected chi connectivity index (χ1v) is 7.03. The first-order chi connectivity index (χ1) is 9.79. The minimum Gasteiger partial charge on any atom is -0.316 e. The lowest BCUT2D eigenvalue weighted by Gasteiger charge is -2.24. The molecule has 0 amide bonds. The van der Waals surface area contributed by atoms with Crippen LogP contribution in [0.4, 0.5) is 0 Å². The van der Waals surface area contributed by atoms with Gasteiger partial charge in [0.05, 0.1) is 23.6 Å². The van der Waals surface area contributed by atoms with Crippen LogP contribution in [0.3, 0.4) is 0 Å². The van der Waals surface area contributed by atoms with Gasteiger partial charge in [-0.25, -0.2) is 4.98 Å². The lowest BCUT2D eigenvalue weighted by molar-refractivity contribution is 0.451. The zero-order chi connectivity index (χ0) is 13.9. The van der Waals surface area contributed by atoms with Gasteiger partial charge < -0.3 is 9.88 Å². The van der Waals surface area contributed by atoms with E-state index in [0.717, 1.165) is 24.3 Å². The SMILES string of the molecule is Cc1ccc(C#N)cc1-n1cncc1C1CCCNC1. The summed E-state index contributed by atoms with van der Waals surface area (Å²) in [6.45, 7) is 4.18. The van der Waals surface area contributed by atoms with Crippen molar-refractivity contribution in [3.63, 3.8) is 0 Å². The number of rotatable bonds is 2. The van der Waals surface area contributed by atoms with E-state index in [1.165, 1.54) is 18.5 Å². The van der Waals surface area contributed by atoms with Gasteiger partial charge in [-0.2, -0.15) is 5.26 Å². The maximum Gasteiger partial charge on any atom is 0.0994 e. The van der Waals surface area contributed by atoms with Gasteiger partial charge in [0.25, 0.3) is 0 Å². The van der Waals surface area contributed by atoms with Gasteiger partial charge in [-0.05, 0) is 44.0 Å². The van der Waals surface area contributed by atoms with Crippen molar-refractivity contribution in [3.8, 4) is 11.8 Å². The van der Waals surface area contributed by atoms with Crippen LogP contribution in [-0.4, -0.2) is 22.6 Å². The molecule has 4 heteroatoms. The second-order valence-corrected chi connectivity index (χ2v) is 5.34. The van der Waals surface area contributed by atoms with E-state index in [1.54, 1.807) is 0 Å². The molecule has 1 saturated heterocycles. The number of nitrogens with one attached hydrogen (secondary N) is 1. The summed E-state index contributed by atoms with van der Waals surface area (Å²) < 4.78 is 2.13. The van der Waals surface area contributed by atoms with Crippen LogP contribution < -0.4 is 5.32 Å².